The van der Waals surface area contributed by atoms with Gasteiger partial charge in [-0.3, -0.25) is 9.59 Å². The highest BCUT2D eigenvalue weighted by atomic mass is 16.2. The molecule has 0 bridgehead atoms. The molecule has 0 aliphatic heterocycles. The van der Waals surface area contributed by atoms with Crippen LogP contribution in [0.15, 0.2) is 12.7 Å². The van der Waals surface area contributed by atoms with E-state index < -0.39 is 0 Å². The first-order chi connectivity index (χ1) is 10.0. The van der Waals surface area contributed by atoms with E-state index in [1.54, 1.807) is 11.8 Å². The molecule has 0 spiro atoms. The molecule has 0 heterocycles. The van der Waals surface area contributed by atoms with Crippen molar-refractivity contribution in [1.29, 1.82) is 0 Å². The van der Waals surface area contributed by atoms with Crippen LogP contribution in [0.4, 0.5) is 0 Å². The van der Waals surface area contributed by atoms with Gasteiger partial charge in [0.15, 0.2) is 5.78 Å². The molecule has 2 fully saturated rings. The van der Waals surface area contributed by atoms with Crippen molar-refractivity contribution in [3.8, 4) is 0 Å². The highest BCUT2D eigenvalue weighted by Crippen LogP contribution is 2.47. The molecule has 3 nitrogen and oxygen atoms in total. The molecule has 2 saturated carbocycles. The average molecular weight is 291 g/mol. The van der Waals surface area contributed by atoms with Crippen LogP contribution in [0.1, 0.15) is 52.4 Å². The minimum absolute atomic E-state index is 0.00480. The van der Waals surface area contributed by atoms with E-state index in [4.69, 9.17) is 0 Å². The Hall–Kier alpha value is -1.12. The molecule has 21 heavy (non-hydrogen) atoms. The van der Waals surface area contributed by atoms with Crippen LogP contribution >= 0.6 is 0 Å². The van der Waals surface area contributed by atoms with Gasteiger partial charge in [-0.2, -0.15) is 0 Å². The number of carbonyl (C=O) groups excluding carboxylic acids is 2. The minimum atomic E-state index is -0.0641. The lowest BCUT2D eigenvalue weighted by molar-refractivity contribution is -0.133. The predicted molar refractivity (Wildman–Crippen MR) is 84.8 cm³/mol. The Kier molecular flexibility index (Phi) is 5.60. The van der Waals surface area contributed by atoms with Gasteiger partial charge in [-0.1, -0.05) is 19.9 Å². The third-order valence-electron chi connectivity index (χ3n) is 5.60. The molecule has 3 heteroatoms. The fourth-order valence-electron chi connectivity index (χ4n) is 4.34. The first kappa shape index (κ1) is 16.3. The number of rotatable bonds is 6. The van der Waals surface area contributed by atoms with Crippen LogP contribution in [0, 0.1) is 23.7 Å². The molecule has 1 amide bonds. The molecule has 118 valence electrons. The van der Waals surface area contributed by atoms with Gasteiger partial charge in [0.25, 0.3) is 0 Å². The SMILES string of the molecule is C=CC(=O)CN(CC1CCC2CC(CC)CC2C1)C(C)=O. The fourth-order valence-corrected chi connectivity index (χ4v) is 4.34. The smallest absolute Gasteiger partial charge is 0.219 e. The van der Waals surface area contributed by atoms with E-state index >= 15 is 0 Å². The fraction of sp³-hybridized carbons (Fsp3) is 0.778. The molecule has 0 N–H and O–H groups in total. The lowest BCUT2D eigenvalue weighted by atomic mass is 9.75. The Bertz CT molecular complexity index is 404. The lowest BCUT2D eigenvalue weighted by Crippen LogP contribution is -2.39. The Morgan fingerprint density at radius 1 is 1.14 bits per heavy atom. The number of hydrogen-bond donors (Lipinski definition) is 0. The largest absolute Gasteiger partial charge is 0.335 e. The number of carbonyl (C=O) groups is 2. The van der Waals surface area contributed by atoms with Gasteiger partial charge >= 0.3 is 0 Å². The highest BCUT2D eigenvalue weighted by Gasteiger charge is 2.38. The van der Waals surface area contributed by atoms with E-state index in [9.17, 15) is 9.59 Å². The zero-order chi connectivity index (χ0) is 15.4. The summed E-state index contributed by atoms with van der Waals surface area (Å²) in [5, 5.41) is 0. The van der Waals surface area contributed by atoms with E-state index in [0.717, 1.165) is 24.3 Å². The summed E-state index contributed by atoms with van der Waals surface area (Å²) < 4.78 is 0. The summed E-state index contributed by atoms with van der Waals surface area (Å²) in [6.07, 6.45) is 9.19. The van der Waals surface area contributed by atoms with E-state index in [-0.39, 0.29) is 18.2 Å². The van der Waals surface area contributed by atoms with Crippen molar-refractivity contribution in [2.45, 2.75) is 52.4 Å². The quantitative estimate of drug-likeness (QED) is 0.703. The van der Waals surface area contributed by atoms with Crippen molar-refractivity contribution in [3.63, 3.8) is 0 Å². The third-order valence-corrected chi connectivity index (χ3v) is 5.60. The van der Waals surface area contributed by atoms with Gasteiger partial charge in [-0.15, -0.1) is 0 Å². The number of hydrogen-bond acceptors (Lipinski definition) is 2. The van der Waals surface area contributed by atoms with Crippen molar-refractivity contribution in [2.75, 3.05) is 13.1 Å². The summed E-state index contributed by atoms with van der Waals surface area (Å²) in [5.41, 5.74) is 0. The third kappa shape index (κ3) is 4.18. The average Bonchev–Trinajstić information content (AvgIpc) is 2.88. The van der Waals surface area contributed by atoms with Gasteiger partial charge in [0.1, 0.15) is 0 Å². The molecule has 4 atom stereocenters. The van der Waals surface area contributed by atoms with Crippen LogP contribution in [0.2, 0.25) is 0 Å². The first-order valence-corrected chi connectivity index (χ1v) is 8.44. The Labute approximate surface area is 128 Å². The van der Waals surface area contributed by atoms with E-state index in [1.807, 2.05) is 0 Å². The molecule has 0 saturated heterocycles. The Balaban J connectivity index is 1.89. The van der Waals surface area contributed by atoms with Crippen molar-refractivity contribution in [1.82, 2.24) is 4.90 Å². The maximum atomic E-state index is 11.7. The summed E-state index contributed by atoms with van der Waals surface area (Å²) in [6, 6.07) is 0. The topological polar surface area (TPSA) is 37.4 Å². The van der Waals surface area contributed by atoms with Crippen molar-refractivity contribution in [3.05, 3.63) is 12.7 Å². The molecular formula is C18H29NO2. The van der Waals surface area contributed by atoms with Crippen molar-refractivity contribution >= 4 is 11.7 Å². The van der Waals surface area contributed by atoms with Gasteiger partial charge in [0.2, 0.25) is 5.91 Å². The molecule has 0 aromatic carbocycles. The summed E-state index contributed by atoms with van der Waals surface area (Å²) in [5.74, 6) is 3.22. The molecule has 0 radical (unpaired) electrons. The maximum Gasteiger partial charge on any atom is 0.219 e. The minimum Gasteiger partial charge on any atom is -0.335 e. The Morgan fingerprint density at radius 2 is 1.81 bits per heavy atom. The van der Waals surface area contributed by atoms with Crippen molar-refractivity contribution < 1.29 is 9.59 Å². The predicted octanol–water partition coefficient (Wildman–Crippen LogP) is 3.44. The van der Waals surface area contributed by atoms with E-state index in [1.165, 1.54) is 44.6 Å². The second kappa shape index (κ2) is 7.24. The second-order valence-corrected chi connectivity index (χ2v) is 7.01. The van der Waals surface area contributed by atoms with Crippen molar-refractivity contribution in [2.24, 2.45) is 23.7 Å². The normalized spacial score (nSPS) is 31.5. The molecule has 0 aromatic rings. The van der Waals surface area contributed by atoms with Gasteiger partial charge in [0, 0.05) is 13.5 Å². The van der Waals surface area contributed by atoms with Crippen LogP contribution < -0.4 is 0 Å². The standard InChI is InChI=1S/C18H29NO2/c1-4-14-8-16-7-6-15(10-17(16)9-14)11-19(13(3)20)12-18(21)5-2/h5,14-17H,2,4,6-12H2,1,3H3. The number of ketones is 1. The monoisotopic (exact) mass is 291 g/mol. The highest BCUT2D eigenvalue weighted by molar-refractivity contribution is 5.93. The zero-order valence-electron chi connectivity index (χ0n) is 13.5. The number of fused-ring (bicyclic) bond motifs is 1. The van der Waals surface area contributed by atoms with Crippen LogP contribution in [-0.4, -0.2) is 29.7 Å². The molecule has 0 aromatic heterocycles. The second-order valence-electron chi connectivity index (χ2n) is 7.01. The van der Waals surface area contributed by atoms with Gasteiger partial charge in [-0.25, -0.2) is 0 Å². The van der Waals surface area contributed by atoms with E-state index in [2.05, 4.69) is 13.5 Å². The van der Waals surface area contributed by atoms with Gasteiger partial charge < -0.3 is 4.90 Å². The van der Waals surface area contributed by atoms with Crippen LogP contribution in [0.5, 0.6) is 0 Å². The summed E-state index contributed by atoms with van der Waals surface area (Å²) in [6.45, 7) is 8.30. The van der Waals surface area contributed by atoms with E-state index in [0.29, 0.717) is 5.92 Å². The maximum absolute atomic E-state index is 11.7. The van der Waals surface area contributed by atoms with Gasteiger partial charge in [-0.05, 0) is 61.9 Å². The zero-order valence-corrected chi connectivity index (χ0v) is 13.5. The van der Waals surface area contributed by atoms with Crippen LogP contribution in [0.3, 0.4) is 0 Å². The number of amides is 1. The van der Waals surface area contributed by atoms with Crippen LogP contribution in [0.25, 0.3) is 0 Å². The summed E-state index contributed by atoms with van der Waals surface area (Å²) in [4.78, 5) is 25.0. The summed E-state index contributed by atoms with van der Waals surface area (Å²) >= 11 is 0. The molecule has 2 aliphatic carbocycles. The van der Waals surface area contributed by atoms with Crippen LogP contribution in [-0.2, 0) is 9.59 Å². The lowest BCUT2D eigenvalue weighted by Gasteiger charge is -2.34. The Morgan fingerprint density at radius 3 is 2.43 bits per heavy atom. The first-order valence-electron chi connectivity index (χ1n) is 8.44. The molecule has 2 rings (SSSR count). The number of nitrogens with zero attached hydrogens (tertiary/aromatic N) is 1. The molecule has 4 unspecified atom stereocenters. The molecule has 2 aliphatic rings. The summed E-state index contributed by atoms with van der Waals surface area (Å²) in [7, 11) is 0. The van der Waals surface area contributed by atoms with Gasteiger partial charge in [0.05, 0.1) is 6.54 Å². The molecular weight excluding hydrogens is 262 g/mol.